The number of hydrogen-bond donors (Lipinski definition) is 1. The molecule has 1 unspecified atom stereocenters. The van der Waals surface area contributed by atoms with E-state index in [1.807, 2.05) is 39.0 Å². The van der Waals surface area contributed by atoms with Crippen molar-refractivity contribution in [3.63, 3.8) is 0 Å². The maximum atomic E-state index is 12.0. The van der Waals surface area contributed by atoms with Gasteiger partial charge in [0.05, 0.1) is 11.8 Å². The summed E-state index contributed by atoms with van der Waals surface area (Å²) in [5.41, 5.74) is 2.20. The van der Waals surface area contributed by atoms with Gasteiger partial charge in [0.25, 0.3) is 0 Å². The molecule has 0 aliphatic carbocycles. The second kappa shape index (κ2) is 8.53. The topological polar surface area (TPSA) is 64.1 Å². The van der Waals surface area contributed by atoms with E-state index in [1.165, 1.54) is 11.8 Å². The maximum absolute atomic E-state index is 12.0. The van der Waals surface area contributed by atoms with Crippen LogP contribution >= 0.6 is 11.8 Å². The molecule has 0 bridgehead atoms. The lowest BCUT2D eigenvalue weighted by molar-refractivity contribution is -0.120. The van der Waals surface area contributed by atoms with Crippen LogP contribution in [0.4, 0.5) is 0 Å². The fourth-order valence-electron chi connectivity index (χ4n) is 2.06. The van der Waals surface area contributed by atoms with Gasteiger partial charge in [-0.3, -0.25) is 4.79 Å². The monoisotopic (exact) mass is 331 g/mol. The van der Waals surface area contributed by atoms with Crippen molar-refractivity contribution in [1.29, 1.82) is 0 Å². The summed E-state index contributed by atoms with van der Waals surface area (Å²) in [5.74, 6) is 0.842. The van der Waals surface area contributed by atoms with Gasteiger partial charge in [-0.15, -0.1) is 0 Å². The minimum atomic E-state index is -0.252. The average molecular weight is 331 g/mol. The third-order valence-electron chi connectivity index (χ3n) is 3.25. The van der Waals surface area contributed by atoms with E-state index < -0.39 is 0 Å². The standard InChI is InChI=1S/C17H21N3O2S/c1-12-6-4-7-13(2)15(12)22-11-10-18-16(21)14(3)23-17-19-8-5-9-20-17/h4-9,14H,10-11H2,1-3H3,(H,18,21). The van der Waals surface area contributed by atoms with Gasteiger partial charge in [-0.25, -0.2) is 9.97 Å². The van der Waals surface area contributed by atoms with Gasteiger partial charge in [0.1, 0.15) is 12.4 Å². The van der Waals surface area contributed by atoms with Crippen molar-refractivity contribution in [2.24, 2.45) is 0 Å². The number of benzene rings is 1. The molecule has 1 aromatic heterocycles. The predicted octanol–water partition coefficient (Wildman–Crippen LogP) is 2.77. The van der Waals surface area contributed by atoms with Crippen LogP contribution in [0.1, 0.15) is 18.1 Å². The van der Waals surface area contributed by atoms with Crippen molar-refractivity contribution < 1.29 is 9.53 Å². The van der Waals surface area contributed by atoms with E-state index in [4.69, 9.17) is 4.74 Å². The number of aryl methyl sites for hydroxylation is 2. The van der Waals surface area contributed by atoms with Crippen LogP contribution in [-0.4, -0.2) is 34.3 Å². The van der Waals surface area contributed by atoms with Gasteiger partial charge in [0, 0.05) is 12.4 Å². The highest BCUT2D eigenvalue weighted by Crippen LogP contribution is 2.22. The number of nitrogens with one attached hydrogen (secondary N) is 1. The highest BCUT2D eigenvalue weighted by molar-refractivity contribution is 8.00. The molecule has 0 fully saturated rings. The van der Waals surface area contributed by atoms with Crippen molar-refractivity contribution in [3.8, 4) is 5.75 Å². The summed E-state index contributed by atoms with van der Waals surface area (Å²) in [4.78, 5) is 20.3. The molecule has 0 saturated carbocycles. The molecule has 6 heteroatoms. The fraction of sp³-hybridized carbons (Fsp3) is 0.353. The first-order valence-electron chi connectivity index (χ1n) is 7.48. The first-order valence-corrected chi connectivity index (χ1v) is 8.36. The molecule has 1 amide bonds. The molecular formula is C17H21N3O2S. The van der Waals surface area contributed by atoms with E-state index in [0.717, 1.165) is 16.9 Å². The largest absolute Gasteiger partial charge is 0.491 e. The van der Waals surface area contributed by atoms with E-state index >= 15 is 0 Å². The molecule has 1 aromatic carbocycles. The minimum Gasteiger partial charge on any atom is -0.491 e. The summed E-state index contributed by atoms with van der Waals surface area (Å²) < 4.78 is 5.77. The number of carbonyl (C=O) groups excluding carboxylic acids is 1. The number of ether oxygens (including phenoxy) is 1. The van der Waals surface area contributed by atoms with Crippen molar-refractivity contribution in [1.82, 2.24) is 15.3 Å². The Morgan fingerprint density at radius 3 is 2.52 bits per heavy atom. The lowest BCUT2D eigenvalue weighted by Gasteiger charge is -2.14. The van der Waals surface area contributed by atoms with Crippen LogP contribution in [0.2, 0.25) is 0 Å². The molecule has 2 rings (SSSR count). The molecule has 1 atom stereocenters. The second-order valence-corrected chi connectivity index (χ2v) is 6.46. The Kier molecular flexibility index (Phi) is 6.40. The van der Waals surface area contributed by atoms with Crippen LogP contribution < -0.4 is 10.1 Å². The molecule has 5 nitrogen and oxygen atoms in total. The summed E-state index contributed by atoms with van der Waals surface area (Å²) in [6.07, 6.45) is 3.33. The van der Waals surface area contributed by atoms with Crippen molar-refractivity contribution in [2.45, 2.75) is 31.2 Å². The molecule has 0 aliphatic heterocycles. The third kappa shape index (κ3) is 5.25. The highest BCUT2D eigenvalue weighted by atomic mass is 32.2. The molecule has 2 aromatic rings. The molecule has 1 heterocycles. The molecule has 0 saturated heterocycles. The molecule has 0 radical (unpaired) electrons. The maximum Gasteiger partial charge on any atom is 0.233 e. The Morgan fingerprint density at radius 2 is 1.87 bits per heavy atom. The number of aromatic nitrogens is 2. The van der Waals surface area contributed by atoms with Gasteiger partial charge in [-0.05, 0) is 38.0 Å². The number of amides is 1. The molecule has 1 N–H and O–H groups in total. The normalized spacial score (nSPS) is 11.8. The lowest BCUT2D eigenvalue weighted by atomic mass is 10.1. The Hall–Kier alpha value is -2.08. The molecule has 122 valence electrons. The van der Waals surface area contributed by atoms with Crippen molar-refractivity contribution in [2.75, 3.05) is 13.2 Å². The van der Waals surface area contributed by atoms with Gasteiger partial charge in [-0.1, -0.05) is 30.0 Å². The number of hydrogen-bond acceptors (Lipinski definition) is 5. The van der Waals surface area contributed by atoms with E-state index in [9.17, 15) is 4.79 Å². The molecule has 23 heavy (non-hydrogen) atoms. The number of rotatable bonds is 7. The van der Waals surface area contributed by atoms with E-state index in [-0.39, 0.29) is 11.2 Å². The fourth-order valence-corrected chi connectivity index (χ4v) is 2.81. The second-order valence-electron chi connectivity index (χ2n) is 5.15. The van der Waals surface area contributed by atoms with Gasteiger partial charge in [0.2, 0.25) is 5.91 Å². The van der Waals surface area contributed by atoms with Crippen LogP contribution in [0, 0.1) is 13.8 Å². The minimum absolute atomic E-state index is 0.0486. The number of nitrogens with zero attached hydrogens (tertiary/aromatic N) is 2. The quantitative estimate of drug-likeness (QED) is 0.480. The summed E-state index contributed by atoms with van der Waals surface area (Å²) in [6.45, 7) is 6.77. The predicted molar refractivity (Wildman–Crippen MR) is 91.8 cm³/mol. The Bertz CT molecular complexity index is 629. The van der Waals surface area contributed by atoms with Gasteiger partial charge >= 0.3 is 0 Å². The van der Waals surface area contributed by atoms with Crippen LogP contribution in [-0.2, 0) is 4.79 Å². The van der Waals surface area contributed by atoms with Crippen molar-refractivity contribution >= 4 is 17.7 Å². The van der Waals surface area contributed by atoms with Gasteiger partial charge < -0.3 is 10.1 Å². The zero-order valence-corrected chi connectivity index (χ0v) is 14.4. The average Bonchev–Trinajstić information content (AvgIpc) is 2.54. The zero-order valence-electron chi connectivity index (χ0n) is 13.6. The SMILES string of the molecule is Cc1cccc(C)c1OCCNC(=O)C(C)Sc1ncccn1. The molecule has 0 spiro atoms. The third-order valence-corrected chi connectivity index (χ3v) is 4.24. The van der Waals surface area contributed by atoms with Crippen molar-refractivity contribution in [3.05, 3.63) is 47.8 Å². The Balaban J connectivity index is 1.74. The summed E-state index contributed by atoms with van der Waals surface area (Å²) in [7, 11) is 0. The van der Waals surface area contributed by atoms with E-state index in [2.05, 4.69) is 15.3 Å². The molecule has 0 aliphatic rings. The van der Waals surface area contributed by atoms with Crippen LogP contribution in [0.3, 0.4) is 0 Å². The highest BCUT2D eigenvalue weighted by Gasteiger charge is 2.15. The smallest absolute Gasteiger partial charge is 0.233 e. The first-order chi connectivity index (χ1) is 11.1. The lowest BCUT2D eigenvalue weighted by Crippen LogP contribution is -2.34. The number of thioether (sulfide) groups is 1. The van der Waals surface area contributed by atoms with E-state index in [0.29, 0.717) is 18.3 Å². The Morgan fingerprint density at radius 1 is 1.22 bits per heavy atom. The Labute approximate surface area is 140 Å². The van der Waals surface area contributed by atoms with Gasteiger partial charge in [-0.2, -0.15) is 0 Å². The molecular weight excluding hydrogens is 310 g/mol. The summed E-state index contributed by atoms with van der Waals surface area (Å²) >= 11 is 1.34. The van der Waals surface area contributed by atoms with E-state index in [1.54, 1.807) is 18.5 Å². The van der Waals surface area contributed by atoms with Gasteiger partial charge in [0.15, 0.2) is 5.16 Å². The number of para-hydroxylation sites is 1. The zero-order chi connectivity index (χ0) is 16.7. The van der Waals surface area contributed by atoms with Crippen LogP contribution in [0.5, 0.6) is 5.75 Å². The first kappa shape index (κ1) is 17.3. The van der Waals surface area contributed by atoms with Crippen LogP contribution in [0.15, 0.2) is 41.8 Å². The summed E-state index contributed by atoms with van der Waals surface area (Å²) in [6, 6.07) is 7.78. The van der Waals surface area contributed by atoms with Crippen LogP contribution in [0.25, 0.3) is 0 Å². The number of carbonyl (C=O) groups is 1. The summed E-state index contributed by atoms with van der Waals surface area (Å²) in [5, 5.41) is 3.22.